The van der Waals surface area contributed by atoms with Gasteiger partial charge in [-0.05, 0) is 26.8 Å². The van der Waals surface area contributed by atoms with Gasteiger partial charge < -0.3 is 10.2 Å². The average molecular weight is 339 g/mol. The molecule has 0 amide bonds. The third-order valence-electron chi connectivity index (χ3n) is 6.17. The maximum Gasteiger partial charge on any atom is 0.156 e. The summed E-state index contributed by atoms with van der Waals surface area (Å²) in [4.78, 5) is 5.17. The van der Waals surface area contributed by atoms with Gasteiger partial charge >= 0.3 is 0 Å². The fourth-order valence-electron chi connectivity index (χ4n) is 4.54. The van der Waals surface area contributed by atoms with Gasteiger partial charge in [0.15, 0.2) is 5.82 Å². The molecular formula is C20H29N5. The number of aryl methyl sites for hydroxylation is 1. The number of rotatable bonds is 4. The largest absolute Gasteiger partial charge is 0.366 e. The average Bonchev–Trinajstić information content (AvgIpc) is 3.12. The van der Waals surface area contributed by atoms with Gasteiger partial charge in [0.25, 0.3) is 0 Å². The first-order chi connectivity index (χ1) is 12.2. The Morgan fingerprint density at radius 1 is 1.00 bits per heavy atom. The van der Waals surface area contributed by atoms with E-state index in [1.54, 1.807) is 0 Å². The molecule has 25 heavy (non-hydrogen) atoms. The van der Waals surface area contributed by atoms with E-state index in [0.717, 1.165) is 18.1 Å². The number of piperazine rings is 1. The Labute approximate surface area is 150 Å². The Kier molecular flexibility index (Phi) is 4.61. The van der Waals surface area contributed by atoms with E-state index in [1.165, 1.54) is 62.6 Å². The number of nitrogens with zero attached hydrogens (tertiary/aromatic N) is 4. The Morgan fingerprint density at radius 3 is 2.40 bits per heavy atom. The summed E-state index contributed by atoms with van der Waals surface area (Å²) in [7, 11) is 2.23. The highest BCUT2D eigenvalue weighted by molar-refractivity contribution is 5.92. The minimum absolute atomic E-state index is 0.287. The second-order valence-corrected chi connectivity index (χ2v) is 7.75. The summed E-state index contributed by atoms with van der Waals surface area (Å²) in [6.07, 6.45) is 5.27. The lowest BCUT2D eigenvalue weighted by Gasteiger charge is -2.45. The first-order valence-corrected chi connectivity index (χ1v) is 9.57. The first-order valence-electron chi connectivity index (χ1n) is 9.57. The first kappa shape index (κ1) is 16.7. The van der Waals surface area contributed by atoms with Crippen molar-refractivity contribution in [3.05, 3.63) is 30.0 Å². The molecule has 2 aliphatic rings. The maximum absolute atomic E-state index is 4.47. The maximum atomic E-state index is 4.47. The van der Waals surface area contributed by atoms with Crippen LogP contribution in [0.4, 0.5) is 5.82 Å². The van der Waals surface area contributed by atoms with E-state index in [0.29, 0.717) is 0 Å². The number of hydrogen-bond donors (Lipinski definition) is 1. The zero-order valence-electron chi connectivity index (χ0n) is 15.5. The molecule has 0 radical (unpaired) electrons. The molecule has 5 nitrogen and oxygen atoms in total. The zero-order chi connectivity index (χ0) is 17.3. The van der Waals surface area contributed by atoms with E-state index < -0.39 is 0 Å². The van der Waals surface area contributed by atoms with Gasteiger partial charge in [0.1, 0.15) is 0 Å². The number of hydrogen-bond acceptors (Lipinski definition) is 5. The molecule has 2 aromatic rings. The van der Waals surface area contributed by atoms with Crippen molar-refractivity contribution < 1.29 is 0 Å². The van der Waals surface area contributed by atoms with Crippen molar-refractivity contribution in [2.24, 2.45) is 0 Å². The standard InChI is InChI=1S/C20H29N5/c1-16-17-7-3-4-8-18(17)19(23-22-16)21-15-20(9-5-6-10-20)25-13-11-24(2)12-14-25/h3-4,7-8H,5-6,9-15H2,1-2H3,(H,21,23). The van der Waals surface area contributed by atoms with Gasteiger partial charge in [-0.3, -0.25) is 4.90 Å². The predicted octanol–water partition coefficient (Wildman–Crippen LogP) is 2.91. The van der Waals surface area contributed by atoms with E-state index in [1.807, 2.05) is 6.92 Å². The Hall–Kier alpha value is -1.72. The molecule has 0 spiro atoms. The molecule has 1 aliphatic heterocycles. The van der Waals surface area contributed by atoms with Gasteiger partial charge in [0.05, 0.1) is 5.69 Å². The summed E-state index contributed by atoms with van der Waals surface area (Å²) in [6, 6.07) is 8.44. The van der Waals surface area contributed by atoms with Crippen molar-refractivity contribution in [1.29, 1.82) is 0 Å². The molecule has 0 bridgehead atoms. The lowest BCUT2D eigenvalue weighted by Crippen LogP contribution is -2.58. The normalized spacial score (nSPS) is 21.7. The van der Waals surface area contributed by atoms with E-state index in [2.05, 4.69) is 56.6 Å². The highest BCUT2D eigenvalue weighted by Gasteiger charge is 2.40. The molecule has 134 valence electrons. The van der Waals surface area contributed by atoms with Crippen LogP contribution in [0.2, 0.25) is 0 Å². The molecule has 1 saturated carbocycles. The van der Waals surface area contributed by atoms with Crippen molar-refractivity contribution >= 4 is 16.6 Å². The fourth-order valence-corrected chi connectivity index (χ4v) is 4.54. The van der Waals surface area contributed by atoms with Crippen LogP contribution >= 0.6 is 0 Å². The Balaban J connectivity index is 1.55. The number of likely N-dealkylation sites (N-methyl/N-ethyl adjacent to an activating group) is 1. The van der Waals surface area contributed by atoms with Gasteiger partial charge in [-0.15, -0.1) is 5.10 Å². The Bertz CT molecular complexity index is 730. The molecule has 4 rings (SSSR count). The molecule has 0 unspecified atom stereocenters. The van der Waals surface area contributed by atoms with Crippen molar-refractivity contribution in [3.8, 4) is 0 Å². The van der Waals surface area contributed by atoms with E-state index in [4.69, 9.17) is 0 Å². The SMILES string of the molecule is Cc1nnc(NCC2(N3CCN(C)CC3)CCCC2)c2ccccc12. The number of fused-ring (bicyclic) bond motifs is 1. The van der Waals surface area contributed by atoms with Crippen molar-refractivity contribution in [2.75, 3.05) is 45.1 Å². The van der Waals surface area contributed by atoms with Crippen LogP contribution < -0.4 is 5.32 Å². The van der Waals surface area contributed by atoms with Gasteiger partial charge in [0.2, 0.25) is 0 Å². The summed E-state index contributed by atoms with van der Waals surface area (Å²) in [5.41, 5.74) is 1.28. The topological polar surface area (TPSA) is 44.3 Å². The molecule has 5 heteroatoms. The summed E-state index contributed by atoms with van der Waals surface area (Å²) >= 11 is 0. The second kappa shape index (κ2) is 6.89. The van der Waals surface area contributed by atoms with E-state index in [9.17, 15) is 0 Å². The number of benzene rings is 1. The number of anilines is 1. The highest BCUT2D eigenvalue weighted by Crippen LogP contribution is 2.36. The van der Waals surface area contributed by atoms with Crippen LogP contribution in [-0.2, 0) is 0 Å². The van der Waals surface area contributed by atoms with E-state index in [-0.39, 0.29) is 5.54 Å². The Morgan fingerprint density at radius 2 is 1.68 bits per heavy atom. The summed E-state index contributed by atoms with van der Waals surface area (Å²) in [6.45, 7) is 7.71. The third kappa shape index (κ3) is 3.23. The lowest BCUT2D eigenvalue weighted by molar-refractivity contribution is 0.0510. The quantitative estimate of drug-likeness (QED) is 0.928. The number of aromatic nitrogens is 2. The fraction of sp³-hybridized carbons (Fsp3) is 0.600. The molecule has 1 saturated heterocycles. The van der Waals surface area contributed by atoms with E-state index >= 15 is 0 Å². The van der Waals surface area contributed by atoms with Crippen molar-refractivity contribution in [3.63, 3.8) is 0 Å². The second-order valence-electron chi connectivity index (χ2n) is 7.75. The van der Waals surface area contributed by atoms with Crippen molar-refractivity contribution in [2.45, 2.75) is 38.1 Å². The summed E-state index contributed by atoms with van der Waals surface area (Å²) < 4.78 is 0. The third-order valence-corrected chi connectivity index (χ3v) is 6.17. The minimum atomic E-state index is 0.287. The monoisotopic (exact) mass is 339 g/mol. The van der Waals surface area contributed by atoms with Gasteiger partial charge in [-0.25, -0.2) is 0 Å². The molecule has 1 aromatic carbocycles. The minimum Gasteiger partial charge on any atom is -0.366 e. The molecule has 2 heterocycles. The van der Waals surface area contributed by atoms with Gasteiger partial charge in [-0.1, -0.05) is 37.1 Å². The molecular weight excluding hydrogens is 310 g/mol. The zero-order valence-corrected chi connectivity index (χ0v) is 15.5. The number of nitrogens with one attached hydrogen (secondary N) is 1. The van der Waals surface area contributed by atoms with Crippen LogP contribution in [0.25, 0.3) is 10.8 Å². The molecule has 1 aromatic heterocycles. The summed E-state index contributed by atoms with van der Waals surface area (Å²) in [5, 5.41) is 14.9. The molecule has 0 atom stereocenters. The lowest BCUT2D eigenvalue weighted by atomic mass is 9.93. The van der Waals surface area contributed by atoms with Crippen LogP contribution in [0.3, 0.4) is 0 Å². The van der Waals surface area contributed by atoms with Gasteiger partial charge in [-0.2, -0.15) is 5.10 Å². The molecule has 1 aliphatic carbocycles. The molecule has 2 fully saturated rings. The van der Waals surface area contributed by atoms with Crippen molar-refractivity contribution in [1.82, 2.24) is 20.0 Å². The van der Waals surface area contributed by atoms with Crippen LogP contribution in [0, 0.1) is 6.92 Å². The van der Waals surface area contributed by atoms with Crippen LogP contribution in [0.5, 0.6) is 0 Å². The smallest absolute Gasteiger partial charge is 0.156 e. The van der Waals surface area contributed by atoms with Crippen LogP contribution in [0.1, 0.15) is 31.4 Å². The molecule has 1 N–H and O–H groups in total. The van der Waals surface area contributed by atoms with Crippen LogP contribution in [-0.4, -0.2) is 65.3 Å². The predicted molar refractivity (Wildman–Crippen MR) is 103 cm³/mol. The van der Waals surface area contributed by atoms with Gasteiger partial charge in [0, 0.05) is 49.0 Å². The van der Waals surface area contributed by atoms with Crippen LogP contribution in [0.15, 0.2) is 24.3 Å². The highest BCUT2D eigenvalue weighted by atomic mass is 15.3. The summed E-state index contributed by atoms with van der Waals surface area (Å²) in [5.74, 6) is 0.932.